The molecule has 0 bridgehead atoms. The lowest BCUT2D eigenvalue weighted by Crippen LogP contribution is -2.61. The van der Waals surface area contributed by atoms with Crippen LogP contribution in [0.25, 0.3) is 11.6 Å². The van der Waals surface area contributed by atoms with Gasteiger partial charge in [0.25, 0.3) is 6.71 Å². The van der Waals surface area contributed by atoms with Crippen molar-refractivity contribution in [1.29, 1.82) is 0 Å². The Kier molecular flexibility index (Phi) is 9.89. The zero-order valence-corrected chi connectivity index (χ0v) is 44.3. The highest BCUT2D eigenvalue weighted by atomic mass is 32.1. The molecule has 4 aliphatic carbocycles. The van der Waals surface area contributed by atoms with Gasteiger partial charge in [0.15, 0.2) is 0 Å². The van der Waals surface area contributed by atoms with Gasteiger partial charge in [0, 0.05) is 49.2 Å². The molecule has 6 aliphatic rings. The number of nitrogens with zero attached hydrogens (tertiary/aromatic N) is 2. The van der Waals surface area contributed by atoms with Crippen molar-refractivity contribution in [2.75, 3.05) is 9.80 Å². The van der Waals surface area contributed by atoms with E-state index in [0.717, 1.165) is 12.8 Å². The molecule has 2 aliphatic heterocycles. The first kappa shape index (κ1) is 44.9. The Morgan fingerprint density at radius 3 is 1.96 bits per heavy atom. The van der Waals surface area contributed by atoms with Gasteiger partial charge >= 0.3 is 0 Å². The molecule has 1 aromatic heterocycles. The molecule has 2 atom stereocenters. The predicted molar refractivity (Wildman–Crippen MR) is 293 cm³/mol. The molecule has 5 aromatic rings. The van der Waals surface area contributed by atoms with Crippen LogP contribution in [0.2, 0.25) is 0 Å². The van der Waals surface area contributed by atoms with Crippen LogP contribution in [0.3, 0.4) is 0 Å². The lowest BCUT2D eigenvalue weighted by Gasteiger charge is -2.50. The number of aryl methyl sites for hydroxylation is 1. The fourth-order valence-corrected chi connectivity index (χ4v) is 14.7. The van der Waals surface area contributed by atoms with E-state index in [1.165, 1.54) is 109 Å². The molecule has 4 aromatic carbocycles. The van der Waals surface area contributed by atoms with Gasteiger partial charge in [0.05, 0.1) is 5.69 Å². The Morgan fingerprint density at radius 2 is 1.31 bits per heavy atom. The van der Waals surface area contributed by atoms with Gasteiger partial charge in [-0.05, 0) is 159 Å². The Hall–Kier alpha value is -4.54. The molecule has 0 N–H and O–H groups in total. The molecule has 4 heteroatoms. The Morgan fingerprint density at radius 1 is 0.687 bits per heavy atom. The summed E-state index contributed by atoms with van der Waals surface area (Å²) in [5.74, 6) is 0.976. The van der Waals surface area contributed by atoms with E-state index in [1.807, 2.05) is 0 Å². The summed E-state index contributed by atoms with van der Waals surface area (Å²) in [5, 5.41) is 0. The van der Waals surface area contributed by atoms with Gasteiger partial charge in [-0.25, -0.2) is 0 Å². The Labute approximate surface area is 408 Å². The molecule has 0 spiro atoms. The summed E-state index contributed by atoms with van der Waals surface area (Å²) in [6.07, 6.45) is 15.0. The lowest BCUT2D eigenvalue weighted by atomic mass is 9.35. The molecule has 67 heavy (non-hydrogen) atoms. The SMILES string of the molecule is Cc1cc2c3c(c1)N(c1ccc(C(C)(C)C)cc1)c1c(sc4c1C=C1C(C4)C(C)(C)CCC1(C)C)B3c1cc3c(cc1N2C1=CCC(C(C)(C)C)C=C1c1ccccc1)C(C)(C)CCC3(C)C. The summed E-state index contributed by atoms with van der Waals surface area (Å²) >= 11 is 2.15. The quantitative estimate of drug-likeness (QED) is 0.163. The van der Waals surface area contributed by atoms with Crippen molar-refractivity contribution in [2.45, 2.75) is 159 Å². The molecule has 2 nitrogen and oxygen atoms in total. The summed E-state index contributed by atoms with van der Waals surface area (Å²) in [4.78, 5) is 7.06. The second kappa shape index (κ2) is 14.7. The molecule has 2 unspecified atom stereocenters. The van der Waals surface area contributed by atoms with Crippen LogP contribution in [0.15, 0.2) is 102 Å². The summed E-state index contributed by atoms with van der Waals surface area (Å²) in [6.45, 7) is 36.9. The van der Waals surface area contributed by atoms with Gasteiger partial charge in [0.1, 0.15) is 0 Å². The third-order valence-corrected chi connectivity index (χ3v) is 19.2. The van der Waals surface area contributed by atoms with Crippen molar-refractivity contribution in [3.05, 3.63) is 141 Å². The molecular weight excluding hydrogens is 828 g/mol. The van der Waals surface area contributed by atoms with Crippen molar-refractivity contribution in [3.8, 4) is 0 Å². The number of allylic oxidation sites excluding steroid dienone is 4. The monoisotopic (exact) mass is 903 g/mol. The van der Waals surface area contributed by atoms with Crippen LogP contribution in [0.4, 0.5) is 28.4 Å². The largest absolute Gasteiger partial charge is 0.311 e. The molecule has 0 amide bonds. The van der Waals surface area contributed by atoms with E-state index in [9.17, 15) is 0 Å². The first-order chi connectivity index (χ1) is 31.4. The van der Waals surface area contributed by atoms with E-state index in [0.29, 0.717) is 11.8 Å². The molecular formula is C63H75BN2S. The number of fused-ring (bicyclic) bond motifs is 8. The van der Waals surface area contributed by atoms with Crippen LogP contribution in [-0.4, -0.2) is 6.71 Å². The van der Waals surface area contributed by atoms with Crippen LogP contribution in [0.1, 0.15) is 167 Å². The third kappa shape index (κ3) is 6.98. The third-order valence-electron chi connectivity index (χ3n) is 17.9. The zero-order chi connectivity index (χ0) is 47.5. The standard InChI is InChI=1S/C63H75BN2S/c1-38-31-52-55-53(32-38)66(50-26-23-41(59(5,6)7)33-43(50)39-19-17-16-18-20-39)51-36-47-46(61(10,11)28-29-62(47,12)13)35-49(51)64(55)57-56(65(52)42-24-21-40(22-25-42)58(2,3)4)44-34-45-48(37-54(44)67-57)63(14,15)30-27-60(45,8)9/h16-22,24-26,31-36,41,48H,23,27-30,37H2,1-15H3. The summed E-state index contributed by atoms with van der Waals surface area (Å²) in [6, 6.07) is 31.5. The van der Waals surface area contributed by atoms with Crippen LogP contribution >= 0.6 is 11.3 Å². The summed E-state index contributed by atoms with van der Waals surface area (Å²) in [5.41, 5.74) is 23.3. The number of rotatable bonds is 3. The first-order valence-corrected chi connectivity index (χ1v) is 26.6. The number of benzene rings is 4. The van der Waals surface area contributed by atoms with Gasteiger partial charge in [-0.3, -0.25) is 0 Å². The predicted octanol–water partition coefficient (Wildman–Crippen LogP) is 15.9. The van der Waals surface area contributed by atoms with E-state index in [4.69, 9.17) is 0 Å². The smallest absolute Gasteiger partial charge is 0.264 e. The van der Waals surface area contributed by atoms with Crippen LogP contribution < -0.4 is 25.5 Å². The van der Waals surface area contributed by atoms with Crippen molar-refractivity contribution in [3.63, 3.8) is 0 Å². The van der Waals surface area contributed by atoms with Crippen molar-refractivity contribution in [1.82, 2.24) is 0 Å². The maximum Gasteiger partial charge on any atom is 0.264 e. The number of hydrogen-bond donors (Lipinski definition) is 0. The maximum absolute atomic E-state index is 2.76. The minimum absolute atomic E-state index is 0.0644. The highest BCUT2D eigenvalue weighted by molar-refractivity contribution is 7.29. The average molecular weight is 903 g/mol. The van der Waals surface area contributed by atoms with Gasteiger partial charge in [-0.1, -0.05) is 169 Å². The molecule has 1 saturated carbocycles. The van der Waals surface area contributed by atoms with Crippen molar-refractivity contribution < 1.29 is 0 Å². The van der Waals surface area contributed by atoms with E-state index in [1.54, 1.807) is 16.0 Å². The minimum atomic E-state index is 0.0644. The van der Waals surface area contributed by atoms with Crippen molar-refractivity contribution in [2.24, 2.45) is 28.1 Å². The highest BCUT2D eigenvalue weighted by Crippen LogP contribution is 2.59. The van der Waals surface area contributed by atoms with Crippen LogP contribution in [-0.2, 0) is 22.7 Å². The molecule has 11 rings (SSSR count). The topological polar surface area (TPSA) is 6.48 Å². The van der Waals surface area contributed by atoms with Gasteiger partial charge in [-0.2, -0.15) is 11.3 Å². The van der Waals surface area contributed by atoms with Gasteiger partial charge < -0.3 is 9.80 Å². The molecule has 3 heterocycles. The fraction of sp³-hybridized carbons (Fsp3) is 0.460. The minimum Gasteiger partial charge on any atom is -0.311 e. The number of hydrogen-bond acceptors (Lipinski definition) is 3. The lowest BCUT2D eigenvalue weighted by molar-refractivity contribution is 0.124. The maximum atomic E-state index is 2.76. The number of anilines is 5. The van der Waals surface area contributed by atoms with Crippen LogP contribution in [0, 0.1) is 35.0 Å². The Balaban J connectivity index is 1.24. The number of thiophene rings is 1. The van der Waals surface area contributed by atoms with E-state index in [2.05, 4.69) is 222 Å². The second-order valence-electron chi connectivity index (χ2n) is 26.5. The van der Waals surface area contributed by atoms with Crippen molar-refractivity contribution >= 4 is 73.8 Å². The molecule has 0 saturated heterocycles. The second-order valence-corrected chi connectivity index (χ2v) is 27.6. The first-order valence-electron chi connectivity index (χ1n) is 25.8. The normalized spacial score (nSPS) is 22.9. The molecule has 346 valence electrons. The Bertz CT molecular complexity index is 2950. The molecule has 1 fully saturated rings. The fourth-order valence-electron chi connectivity index (χ4n) is 13.3. The zero-order valence-electron chi connectivity index (χ0n) is 43.5. The summed E-state index contributed by atoms with van der Waals surface area (Å²) < 4.78 is 1.52. The van der Waals surface area contributed by atoms with Crippen LogP contribution in [0.5, 0.6) is 0 Å². The summed E-state index contributed by atoms with van der Waals surface area (Å²) in [7, 11) is 0. The highest BCUT2D eigenvalue weighted by Gasteiger charge is 2.51. The molecule has 0 radical (unpaired) electrons. The van der Waals surface area contributed by atoms with E-state index >= 15 is 0 Å². The average Bonchev–Trinajstić information content (AvgIpc) is 3.64. The van der Waals surface area contributed by atoms with E-state index < -0.39 is 0 Å². The van der Waals surface area contributed by atoms with E-state index in [-0.39, 0.29) is 39.2 Å². The van der Waals surface area contributed by atoms with Gasteiger partial charge in [0.2, 0.25) is 0 Å². The van der Waals surface area contributed by atoms with Gasteiger partial charge in [-0.15, -0.1) is 0 Å².